The summed E-state index contributed by atoms with van der Waals surface area (Å²) in [7, 11) is 0. The van der Waals surface area contributed by atoms with Gasteiger partial charge in [-0.3, -0.25) is 4.79 Å². The van der Waals surface area contributed by atoms with Gasteiger partial charge in [-0.15, -0.1) is 0 Å². The lowest BCUT2D eigenvalue weighted by Gasteiger charge is -2.27. The van der Waals surface area contributed by atoms with Gasteiger partial charge in [-0.2, -0.15) is 0 Å². The summed E-state index contributed by atoms with van der Waals surface area (Å²) in [6.07, 6.45) is 5.32. The maximum absolute atomic E-state index is 14.7. The summed E-state index contributed by atoms with van der Waals surface area (Å²) in [5.41, 5.74) is 4.47. The first-order chi connectivity index (χ1) is 9.00. The lowest BCUT2D eigenvalue weighted by atomic mass is 9.92. The van der Waals surface area contributed by atoms with Crippen molar-refractivity contribution in [1.29, 1.82) is 0 Å². The molecule has 0 spiro atoms. The van der Waals surface area contributed by atoms with Crippen molar-refractivity contribution in [3.8, 4) is 0 Å². The molecular weight excluding hydrogens is 243 g/mol. The Hall–Kier alpha value is -1.58. The van der Waals surface area contributed by atoms with Crippen molar-refractivity contribution in [2.75, 3.05) is 5.73 Å². The number of nitrogens with one attached hydrogen (secondary N) is 1. The van der Waals surface area contributed by atoms with E-state index in [0.717, 1.165) is 25.7 Å². The number of amides is 1. The number of halogens is 1. The molecule has 19 heavy (non-hydrogen) atoms. The Morgan fingerprint density at radius 1 is 1.26 bits per heavy atom. The third-order valence-electron chi connectivity index (χ3n) is 3.82. The molecule has 104 valence electrons. The monoisotopic (exact) mass is 264 g/mol. The highest BCUT2D eigenvalue weighted by Crippen LogP contribution is 2.27. The van der Waals surface area contributed by atoms with Crippen LogP contribution in [-0.2, 0) is 10.5 Å². The molecule has 1 amide bonds. The number of nitrogens with two attached hydrogens (primary N) is 1. The van der Waals surface area contributed by atoms with Crippen molar-refractivity contribution in [3.63, 3.8) is 0 Å². The maximum atomic E-state index is 14.7. The van der Waals surface area contributed by atoms with Crippen LogP contribution in [0.5, 0.6) is 0 Å². The first-order valence-corrected chi connectivity index (χ1v) is 6.86. The predicted molar refractivity (Wildman–Crippen MR) is 74.3 cm³/mol. The van der Waals surface area contributed by atoms with Crippen LogP contribution in [0, 0.1) is 0 Å². The van der Waals surface area contributed by atoms with Crippen LogP contribution >= 0.6 is 0 Å². The zero-order valence-electron chi connectivity index (χ0n) is 11.3. The zero-order chi connectivity index (χ0) is 13.9. The fourth-order valence-corrected chi connectivity index (χ4v) is 2.50. The molecule has 0 radical (unpaired) electrons. The number of rotatable bonds is 3. The molecule has 1 aromatic rings. The summed E-state index contributed by atoms with van der Waals surface area (Å²) in [4.78, 5) is 12.1. The smallest absolute Gasteiger partial charge is 0.262 e. The van der Waals surface area contributed by atoms with E-state index in [2.05, 4.69) is 5.32 Å². The summed E-state index contributed by atoms with van der Waals surface area (Å²) < 4.78 is 14.7. The number of nitrogen functional groups attached to an aromatic ring is 1. The molecule has 1 unspecified atom stereocenters. The molecule has 1 atom stereocenters. The second-order valence-electron chi connectivity index (χ2n) is 5.43. The van der Waals surface area contributed by atoms with E-state index < -0.39 is 11.6 Å². The van der Waals surface area contributed by atoms with Crippen LogP contribution < -0.4 is 11.1 Å². The molecular formula is C15H21FN2O. The minimum Gasteiger partial charge on any atom is -0.399 e. The number of anilines is 1. The highest BCUT2D eigenvalue weighted by molar-refractivity contribution is 5.86. The third-order valence-corrected chi connectivity index (χ3v) is 3.82. The van der Waals surface area contributed by atoms with Gasteiger partial charge in [0.05, 0.1) is 0 Å². The number of hydrogen-bond donors (Lipinski definition) is 2. The van der Waals surface area contributed by atoms with Crippen LogP contribution in [0.2, 0.25) is 0 Å². The van der Waals surface area contributed by atoms with Gasteiger partial charge in [0, 0.05) is 11.7 Å². The third kappa shape index (κ3) is 3.25. The quantitative estimate of drug-likeness (QED) is 0.825. The minimum atomic E-state index is -2.01. The van der Waals surface area contributed by atoms with Gasteiger partial charge in [-0.05, 0) is 37.5 Å². The van der Waals surface area contributed by atoms with Crippen LogP contribution in [0.4, 0.5) is 10.1 Å². The molecule has 1 aliphatic rings. The van der Waals surface area contributed by atoms with Crippen LogP contribution in [0.25, 0.3) is 0 Å². The van der Waals surface area contributed by atoms with E-state index in [0.29, 0.717) is 11.3 Å². The van der Waals surface area contributed by atoms with Crippen LogP contribution in [0.3, 0.4) is 0 Å². The van der Waals surface area contributed by atoms with E-state index in [1.807, 2.05) is 0 Å². The van der Waals surface area contributed by atoms with Gasteiger partial charge in [0.25, 0.3) is 5.91 Å². The Labute approximate surface area is 113 Å². The molecule has 0 bridgehead atoms. The molecule has 3 N–H and O–H groups in total. The second-order valence-corrected chi connectivity index (χ2v) is 5.43. The predicted octanol–water partition coefficient (Wildman–Crippen LogP) is 2.90. The van der Waals surface area contributed by atoms with Crippen molar-refractivity contribution in [1.82, 2.24) is 5.32 Å². The second kappa shape index (κ2) is 5.59. The van der Waals surface area contributed by atoms with Gasteiger partial charge in [0.2, 0.25) is 5.67 Å². The molecule has 1 fully saturated rings. The number of carbonyl (C=O) groups is 1. The topological polar surface area (TPSA) is 55.1 Å². The van der Waals surface area contributed by atoms with E-state index in [4.69, 9.17) is 5.73 Å². The lowest BCUT2D eigenvalue weighted by molar-refractivity contribution is -0.133. The minimum absolute atomic E-state index is 0.116. The van der Waals surface area contributed by atoms with Crippen LogP contribution in [-0.4, -0.2) is 11.9 Å². The first-order valence-electron chi connectivity index (χ1n) is 6.86. The van der Waals surface area contributed by atoms with Gasteiger partial charge in [-0.1, -0.05) is 31.4 Å². The first kappa shape index (κ1) is 13.8. The van der Waals surface area contributed by atoms with Crippen molar-refractivity contribution in [3.05, 3.63) is 29.8 Å². The normalized spacial score (nSPS) is 19.7. The fourth-order valence-electron chi connectivity index (χ4n) is 2.50. The summed E-state index contributed by atoms with van der Waals surface area (Å²) in [5.74, 6) is -0.552. The standard InChI is InChI=1S/C15H21FN2O/c1-15(16,11-7-9-12(17)10-8-11)14(19)18-13-5-3-2-4-6-13/h7-10,13H,2-6,17H2,1H3,(H,18,19). The summed E-state index contributed by atoms with van der Waals surface area (Å²) in [6.45, 7) is 1.30. The Morgan fingerprint density at radius 3 is 2.42 bits per heavy atom. The molecule has 3 nitrogen and oxygen atoms in total. The zero-order valence-corrected chi connectivity index (χ0v) is 11.3. The average molecular weight is 264 g/mol. The SMILES string of the molecule is CC(F)(C(=O)NC1CCCCC1)c1ccc(N)cc1. The van der Waals surface area contributed by atoms with Gasteiger partial charge in [0.15, 0.2) is 0 Å². The Morgan fingerprint density at radius 2 is 1.84 bits per heavy atom. The Balaban J connectivity index is 2.05. The van der Waals surface area contributed by atoms with E-state index in [1.165, 1.54) is 13.3 Å². The lowest BCUT2D eigenvalue weighted by Crippen LogP contribution is -2.45. The van der Waals surface area contributed by atoms with Crippen molar-refractivity contribution < 1.29 is 9.18 Å². The molecule has 0 saturated heterocycles. The van der Waals surface area contributed by atoms with E-state index >= 15 is 0 Å². The highest BCUT2D eigenvalue weighted by atomic mass is 19.1. The van der Waals surface area contributed by atoms with Gasteiger partial charge in [0.1, 0.15) is 0 Å². The van der Waals surface area contributed by atoms with E-state index in [9.17, 15) is 9.18 Å². The van der Waals surface area contributed by atoms with Gasteiger partial charge >= 0.3 is 0 Å². The van der Waals surface area contributed by atoms with Gasteiger partial charge < -0.3 is 11.1 Å². The molecule has 2 rings (SSSR count). The number of alkyl halides is 1. The van der Waals surface area contributed by atoms with Gasteiger partial charge in [-0.25, -0.2) is 4.39 Å². The molecule has 0 aromatic heterocycles. The number of hydrogen-bond acceptors (Lipinski definition) is 2. The van der Waals surface area contributed by atoms with Crippen molar-refractivity contribution in [2.24, 2.45) is 0 Å². The molecule has 1 aliphatic carbocycles. The maximum Gasteiger partial charge on any atom is 0.262 e. The Kier molecular flexibility index (Phi) is 4.08. The summed E-state index contributed by atoms with van der Waals surface area (Å²) >= 11 is 0. The molecule has 4 heteroatoms. The number of benzene rings is 1. The number of carbonyl (C=O) groups excluding carboxylic acids is 1. The van der Waals surface area contributed by atoms with E-state index in [1.54, 1.807) is 24.3 Å². The van der Waals surface area contributed by atoms with Crippen molar-refractivity contribution >= 4 is 11.6 Å². The average Bonchev–Trinajstić information content (AvgIpc) is 2.40. The van der Waals surface area contributed by atoms with Crippen molar-refractivity contribution in [2.45, 2.75) is 50.7 Å². The molecule has 1 saturated carbocycles. The Bertz CT molecular complexity index is 436. The molecule has 0 heterocycles. The summed E-state index contributed by atoms with van der Waals surface area (Å²) in [5, 5.41) is 2.83. The van der Waals surface area contributed by atoms with Crippen LogP contribution in [0.15, 0.2) is 24.3 Å². The van der Waals surface area contributed by atoms with E-state index in [-0.39, 0.29) is 6.04 Å². The fraction of sp³-hybridized carbons (Fsp3) is 0.533. The molecule has 0 aliphatic heterocycles. The summed E-state index contributed by atoms with van der Waals surface area (Å²) in [6, 6.07) is 6.47. The molecule has 1 aromatic carbocycles. The van der Waals surface area contributed by atoms with Crippen LogP contribution in [0.1, 0.15) is 44.6 Å². The largest absolute Gasteiger partial charge is 0.399 e. The highest BCUT2D eigenvalue weighted by Gasteiger charge is 2.36.